The van der Waals surface area contributed by atoms with Crippen LogP contribution >= 0.6 is 11.6 Å². The van der Waals surface area contributed by atoms with Crippen molar-refractivity contribution >= 4 is 17.4 Å². The summed E-state index contributed by atoms with van der Waals surface area (Å²) in [6, 6.07) is 1.06. The molecule has 1 aromatic heterocycles. The van der Waals surface area contributed by atoms with Gasteiger partial charge in [0.15, 0.2) is 11.6 Å². The lowest BCUT2D eigenvalue weighted by atomic mass is 10.2. The van der Waals surface area contributed by atoms with Crippen LogP contribution in [-0.4, -0.2) is 42.5 Å². The van der Waals surface area contributed by atoms with Gasteiger partial charge in [0.1, 0.15) is 0 Å². The quantitative estimate of drug-likeness (QED) is 0.894. The van der Waals surface area contributed by atoms with Gasteiger partial charge in [-0.1, -0.05) is 11.6 Å². The van der Waals surface area contributed by atoms with Crippen molar-refractivity contribution in [3.63, 3.8) is 0 Å². The number of aromatic nitrogens is 1. The minimum atomic E-state index is -0.479. The minimum absolute atomic E-state index is 0.0102. The molecule has 0 aliphatic carbocycles. The molecule has 0 spiro atoms. The lowest BCUT2D eigenvalue weighted by molar-refractivity contribution is 0.115. The highest BCUT2D eigenvalue weighted by molar-refractivity contribution is 6.30. The van der Waals surface area contributed by atoms with Crippen molar-refractivity contribution in [1.82, 2.24) is 4.98 Å². The molecule has 0 saturated carbocycles. The van der Waals surface area contributed by atoms with Gasteiger partial charge in [0.25, 0.3) is 0 Å². The van der Waals surface area contributed by atoms with E-state index in [0.29, 0.717) is 13.0 Å². The van der Waals surface area contributed by atoms with Crippen molar-refractivity contribution in [2.75, 3.05) is 25.2 Å². The molecule has 0 aromatic carbocycles. The second-order valence-corrected chi connectivity index (χ2v) is 4.48. The second kappa shape index (κ2) is 5.16. The third kappa shape index (κ3) is 2.51. The van der Waals surface area contributed by atoms with Gasteiger partial charge in [-0.05, 0) is 12.5 Å². The molecule has 1 aliphatic rings. The molecule has 0 unspecified atom stereocenters. The predicted octanol–water partition coefficient (Wildman–Crippen LogP) is 1.46. The molecule has 1 fully saturated rings. The van der Waals surface area contributed by atoms with Crippen molar-refractivity contribution in [3.8, 4) is 0 Å². The Morgan fingerprint density at radius 2 is 2.47 bits per heavy atom. The average molecular weight is 261 g/mol. The van der Waals surface area contributed by atoms with E-state index < -0.39 is 5.82 Å². The van der Waals surface area contributed by atoms with Crippen molar-refractivity contribution in [1.29, 1.82) is 0 Å². The highest BCUT2D eigenvalue weighted by Crippen LogP contribution is 2.28. The number of anilines is 1. The molecule has 0 amide bonds. The SMILES string of the molecule is CO[C@H]1C[C@@H](CO)N(c2ncc(Cl)cc2F)C1. The molecule has 4 nitrogen and oxygen atoms in total. The van der Waals surface area contributed by atoms with Gasteiger partial charge in [-0.3, -0.25) is 0 Å². The first-order chi connectivity index (χ1) is 8.15. The number of halogens is 2. The monoisotopic (exact) mass is 260 g/mol. The van der Waals surface area contributed by atoms with E-state index in [-0.39, 0.29) is 29.6 Å². The van der Waals surface area contributed by atoms with E-state index >= 15 is 0 Å². The third-order valence-electron chi connectivity index (χ3n) is 2.98. The molecule has 17 heavy (non-hydrogen) atoms. The first-order valence-corrected chi connectivity index (χ1v) is 5.74. The van der Waals surface area contributed by atoms with Gasteiger partial charge >= 0.3 is 0 Å². The molecule has 94 valence electrons. The van der Waals surface area contributed by atoms with Crippen molar-refractivity contribution in [2.45, 2.75) is 18.6 Å². The first kappa shape index (κ1) is 12.5. The van der Waals surface area contributed by atoms with Crippen LogP contribution in [0.4, 0.5) is 10.2 Å². The van der Waals surface area contributed by atoms with Crippen molar-refractivity contribution in [3.05, 3.63) is 23.1 Å². The number of ether oxygens (including phenoxy) is 1. The number of aliphatic hydroxyl groups excluding tert-OH is 1. The predicted molar refractivity (Wildman–Crippen MR) is 62.8 cm³/mol. The molecule has 1 aliphatic heterocycles. The van der Waals surface area contributed by atoms with Gasteiger partial charge < -0.3 is 14.7 Å². The van der Waals surface area contributed by atoms with Gasteiger partial charge in [-0.15, -0.1) is 0 Å². The Labute approximate surface area is 104 Å². The molecule has 6 heteroatoms. The Morgan fingerprint density at radius 3 is 3.06 bits per heavy atom. The summed E-state index contributed by atoms with van der Waals surface area (Å²) in [4.78, 5) is 5.70. The van der Waals surface area contributed by atoms with E-state index in [1.54, 1.807) is 12.0 Å². The molecule has 2 rings (SSSR count). The van der Waals surface area contributed by atoms with Crippen LogP contribution in [0.2, 0.25) is 5.02 Å². The van der Waals surface area contributed by atoms with Gasteiger partial charge in [-0.2, -0.15) is 0 Å². The molecular formula is C11H14ClFN2O2. The van der Waals surface area contributed by atoms with E-state index in [1.807, 2.05) is 0 Å². The lowest BCUT2D eigenvalue weighted by Crippen LogP contribution is -2.33. The summed E-state index contributed by atoms with van der Waals surface area (Å²) in [5.41, 5.74) is 0. The summed E-state index contributed by atoms with van der Waals surface area (Å²) >= 11 is 5.65. The first-order valence-electron chi connectivity index (χ1n) is 5.37. The van der Waals surface area contributed by atoms with Crippen LogP contribution in [0.3, 0.4) is 0 Å². The maximum atomic E-state index is 13.7. The molecule has 2 heterocycles. The molecule has 1 N–H and O–H groups in total. The maximum absolute atomic E-state index is 13.7. The standard InChI is InChI=1S/C11H14ClFN2O2/c1-17-9-3-8(6-16)15(5-9)11-10(13)2-7(12)4-14-11/h2,4,8-9,16H,3,5-6H2,1H3/t8-,9-/m0/s1. The summed E-state index contributed by atoms with van der Waals surface area (Å²) in [6.07, 6.45) is 2.05. The van der Waals surface area contributed by atoms with Crippen LogP contribution in [0.15, 0.2) is 12.3 Å². The third-order valence-corrected chi connectivity index (χ3v) is 3.19. The zero-order valence-electron chi connectivity index (χ0n) is 9.44. The molecule has 0 radical (unpaired) electrons. The molecule has 1 aromatic rings. The normalized spacial score (nSPS) is 24.4. The number of rotatable bonds is 3. The number of hydrogen-bond acceptors (Lipinski definition) is 4. The summed E-state index contributed by atoms with van der Waals surface area (Å²) in [6.45, 7) is 0.469. The van der Waals surface area contributed by atoms with Crippen molar-refractivity contribution in [2.24, 2.45) is 0 Å². The van der Waals surface area contributed by atoms with E-state index in [2.05, 4.69) is 4.98 Å². The van der Waals surface area contributed by atoms with Gasteiger partial charge in [0.05, 0.1) is 23.8 Å². The molecule has 0 bridgehead atoms. The van der Waals surface area contributed by atoms with Gasteiger partial charge in [-0.25, -0.2) is 9.37 Å². The van der Waals surface area contributed by atoms with E-state index in [9.17, 15) is 9.50 Å². The van der Waals surface area contributed by atoms with Crippen LogP contribution in [0, 0.1) is 5.82 Å². The fourth-order valence-electron chi connectivity index (χ4n) is 2.10. The topological polar surface area (TPSA) is 45.6 Å². The highest BCUT2D eigenvalue weighted by Gasteiger charge is 2.33. The Morgan fingerprint density at radius 1 is 1.71 bits per heavy atom. The zero-order valence-corrected chi connectivity index (χ0v) is 10.2. The Kier molecular flexibility index (Phi) is 3.81. The molecule has 2 atom stereocenters. The summed E-state index contributed by atoms with van der Waals surface area (Å²) < 4.78 is 19.0. The molecular weight excluding hydrogens is 247 g/mol. The average Bonchev–Trinajstić information content (AvgIpc) is 2.72. The summed E-state index contributed by atoms with van der Waals surface area (Å²) in [5, 5.41) is 9.54. The number of hydrogen-bond donors (Lipinski definition) is 1. The van der Waals surface area contributed by atoms with Crippen LogP contribution in [0.25, 0.3) is 0 Å². The summed E-state index contributed by atoms with van der Waals surface area (Å²) in [7, 11) is 1.61. The van der Waals surface area contributed by atoms with E-state index in [4.69, 9.17) is 16.3 Å². The number of aliphatic hydroxyl groups is 1. The number of methoxy groups -OCH3 is 1. The summed E-state index contributed by atoms with van der Waals surface area (Å²) in [5.74, 6) is -0.263. The van der Waals surface area contributed by atoms with E-state index in [0.717, 1.165) is 0 Å². The lowest BCUT2D eigenvalue weighted by Gasteiger charge is -2.24. The minimum Gasteiger partial charge on any atom is -0.394 e. The Bertz CT molecular complexity index is 405. The number of nitrogens with zero attached hydrogens (tertiary/aromatic N) is 2. The van der Waals surface area contributed by atoms with Crippen LogP contribution in [-0.2, 0) is 4.74 Å². The smallest absolute Gasteiger partial charge is 0.167 e. The second-order valence-electron chi connectivity index (χ2n) is 4.04. The highest BCUT2D eigenvalue weighted by atomic mass is 35.5. The van der Waals surface area contributed by atoms with Crippen molar-refractivity contribution < 1.29 is 14.2 Å². The zero-order chi connectivity index (χ0) is 12.4. The largest absolute Gasteiger partial charge is 0.394 e. The van der Waals surface area contributed by atoms with Crippen LogP contribution < -0.4 is 4.90 Å². The van der Waals surface area contributed by atoms with Crippen LogP contribution in [0.5, 0.6) is 0 Å². The van der Waals surface area contributed by atoms with Gasteiger partial charge in [0.2, 0.25) is 0 Å². The number of pyridine rings is 1. The fourth-order valence-corrected chi connectivity index (χ4v) is 2.24. The molecule has 1 saturated heterocycles. The fraction of sp³-hybridized carbons (Fsp3) is 0.545. The van der Waals surface area contributed by atoms with E-state index in [1.165, 1.54) is 12.3 Å². The van der Waals surface area contributed by atoms with Gasteiger partial charge in [0, 0.05) is 19.9 Å². The van der Waals surface area contributed by atoms with Crippen LogP contribution in [0.1, 0.15) is 6.42 Å². The maximum Gasteiger partial charge on any atom is 0.167 e. The Hall–Kier alpha value is -0.910. The Balaban J connectivity index is 2.26.